The molecular weight excluding hydrogens is 245 g/mol. The van der Waals surface area contributed by atoms with Crippen molar-refractivity contribution >= 4 is 5.84 Å². The Kier molecular flexibility index (Phi) is 5.76. The Labute approximate surface area is 113 Å². The third kappa shape index (κ3) is 3.92. The summed E-state index contributed by atoms with van der Waals surface area (Å²) in [6, 6.07) is 5.09. The van der Waals surface area contributed by atoms with Gasteiger partial charge in [-0.15, -0.1) is 0 Å². The molecule has 1 rings (SSSR count). The highest BCUT2D eigenvalue weighted by Crippen LogP contribution is 2.15. The molecule has 1 aromatic rings. The van der Waals surface area contributed by atoms with Crippen molar-refractivity contribution in [2.24, 2.45) is 10.9 Å². The van der Waals surface area contributed by atoms with Crippen LogP contribution in [-0.4, -0.2) is 29.0 Å². The van der Waals surface area contributed by atoms with Crippen molar-refractivity contribution in [1.82, 2.24) is 4.90 Å². The molecule has 0 saturated heterocycles. The third-order valence-electron chi connectivity index (χ3n) is 3.44. The number of nitrogens with zero attached hydrogens (tertiary/aromatic N) is 2. The molecule has 0 radical (unpaired) electrons. The van der Waals surface area contributed by atoms with Gasteiger partial charge in [0.15, 0.2) is 5.84 Å². The van der Waals surface area contributed by atoms with Gasteiger partial charge in [-0.3, -0.25) is 4.90 Å². The normalized spacial score (nSPS) is 12.4. The van der Waals surface area contributed by atoms with E-state index in [2.05, 4.69) is 23.9 Å². The van der Waals surface area contributed by atoms with Crippen LogP contribution in [0.15, 0.2) is 23.4 Å². The maximum absolute atomic E-state index is 14.0. The van der Waals surface area contributed by atoms with E-state index >= 15 is 0 Å². The molecule has 0 aliphatic rings. The van der Waals surface area contributed by atoms with Gasteiger partial charge >= 0.3 is 0 Å². The standard InChI is InChI=1S/C14H22FN3O/c1-4-12(5-2)18(3)9-11-7-6-10(8-13(11)15)14(16)17-19/h6-8,12,19H,4-5,9H2,1-3H3,(H2,16,17). The molecule has 0 fully saturated rings. The Morgan fingerprint density at radius 2 is 2.05 bits per heavy atom. The van der Waals surface area contributed by atoms with Gasteiger partial charge in [0.05, 0.1) is 0 Å². The fourth-order valence-electron chi connectivity index (χ4n) is 2.20. The monoisotopic (exact) mass is 267 g/mol. The molecule has 0 saturated carbocycles. The molecule has 0 aliphatic heterocycles. The highest BCUT2D eigenvalue weighted by atomic mass is 19.1. The molecule has 4 nitrogen and oxygen atoms in total. The summed E-state index contributed by atoms with van der Waals surface area (Å²) in [6.45, 7) is 4.81. The average Bonchev–Trinajstić information content (AvgIpc) is 2.41. The van der Waals surface area contributed by atoms with Crippen molar-refractivity contribution in [3.8, 4) is 0 Å². The predicted octanol–water partition coefficient (Wildman–Crippen LogP) is 2.54. The van der Waals surface area contributed by atoms with Crippen molar-refractivity contribution < 1.29 is 9.60 Å². The largest absolute Gasteiger partial charge is 0.409 e. The van der Waals surface area contributed by atoms with Crippen LogP contribution in [0.1, 0.15) is 37.8 Å². The van der Waals surface area contributed by atoms with Gasteiger partial charge in [0.25, 0.3) is 0 Å². The molecule has 0 aromatic heterocycles. The van der Waals surface area contributed by atoms with Gasteiger partial charge in [-0.05, 0) is 26.0 Å². The van der Waals surface area contributed by atoms with Crippen LogP contribution in [0.25, 0.3) is 0 Å². The summed E-state index contributed by atoms with van der Waals surface area (Å²) in [6.07, 6.45) is 2.08. The molecule has 0 unspecified atom stereocenters. The van der Waals surface area contributed by atoms with E-state index in [9.17, 15) is 4.39 Å². The number of hydrogen-bond acceptors (Lipinski definition) is 3. The molecule has 0 bridgehead atoms. The first-order valence-electron chi connectivity index (χ1n) is 6.50. The van der Waals surface area contributed by atoms with Crippen LogP contribution in [0, 0.1) is 5.82 Å². The first kappa shape index (κ1) is 15.4. The summed E-state index contributed by atoms with van der Waals surface area (Å²) in [7, 11) is 1.99. The van der Waals surface area contributed by atoms with Crippen LogP contribution in [0.4, 0.5) is 4.39 Å². The van der Waals surface area contributed by atoms with Crippen molar-refractivity contribution in [2.75, 3.05) is 7.05 Å². The summed E-state index contributed by atoms with van der Waals surface area (Å²) in [5.74, 6) is -0.416. The van der Waals surface area contributed by atoms with Crippen LogP contribution in [0.3, 0.4) is 0 Å². The minimum Gasteiger partial charge on any atom is -0.409 e. The second-order valence-electron chi connectivity index (χ2n) is 4.68. The molecule has 5 heteroatoms. The number of amidine groups is 1. The molecule has 19 heavy (non-hydrogen) atoms. The number of halogens is 1. The first-order chi connectivity index (χ1) is 9.03. The predicted molar refractivity (Wildman–Crippen MR) is 74.7 cm³/mol. The Balaban J connectivity index is 2.86. The van der Waals surface area contributed by atoms with Crippen molar-refractivity contribution in [3.05, 3.63) is 35.1 Å². The zero-order valence-electron chi connectivity index (χ0n) is 11.7. The van der Waals surface area contributed by atoms with Gasteiger partial charge in [-0.2, -0.15) is 0 Å². The molecule has 106 valence electrons. The molecule has 0 spiro atoms. The minimum atomic E-state index is -0.332. The van der Waals surface area contributed by atoms with E-state index in [1.54, 1.807) is 12.1 Å². The maximum Gasteiger partial charge on any atom is 0.170 e. The lowest BCUT2D eigenvalue weighted by atomic mass is 10.1. The van der Waals surface area contributed by atoms with E-state index in [-0.39, 0.29) is 11.7 Å². The quantitative estimate of drug-likeness (QED) is 0.360. The molecule has 0 heterocycles. The van der Waals surface area contributed by atoms with E-state index in [0.29, 0.717) is 23.7 Å². The smallest absolute Gasteiger partial charge is 0.170 e. The molecule has 0 amide bonds. The number of rotatable bonds is 6. The topological polar surface area (TPSA) is 61.8 Å². The summed E-state index contributed by atoms with van der Waals surface area (Å²) >= 11 is 0. The summed E-state index contributed by atoms with van der Waals surface area (Å²) < 4.78 is 14.0. The van der Waals surface area contributed by atoms with Crippen LogP contribution in [0.5, 0.6) is 0 Å². The molecule has 3 N–H and O–H groups in total. The fraction of sp³-hybridized carbons (Fsp3) is 0.500. The summed E-state index contributed by atoms with van der Waals surface area (Å²) in [5.41, 5.74) is 6.43. The van der Waals surface area contributed by atoms with Crippen LogP contribution in [0.2, 0.25) is 0 Å². The van der Waals surface area contributed by atoms with Gasteiger partial charge in [0, 0.05) is 23.7 Å². The van der Waals surface area contributed by atoms with E-state index in [0.717, 1.165) is 12.8 Å². The van der Waals surface area contributed by atoms with E-state index in [4.69, 9.17) is 10.9 Å². The summed E-state index contributed by atoms with van der Waals surface area (Å²) in [4.78, 5) is 2.14. The van der Waals surface area contributed by atoms with Gasteiger partial charge in [-0.25, -0.2) is 4.39 Å². The second-order valence-corrected chi connectivity index (χ2v) is 4.68. The molecular formula is C14H22FN3O. The Morgan fingerprint density at radius 3 is 2.53 bits per heavy atom. The lowest BCUT2D eigenvalue weighted by Crippen LogP contribution is -2.30. The Bertz CT molecular complexity index is 444. The van der Waals surface area contributed by atoms with Crippen molar-refractivity contribution in [2.45, 2.75) is 39.3 Å². The maximum atomic E-state index is 14.0. The zero-order valence-corrected chi connectivity index (χ0v) is 11.7. The Hall–Kier alpha value is -1.62. The lowest BCUT2D eigenvalue weighted by Gasteiger charge is -2.26. The van der Waals surface area contributed by atoms with Gasteiger partial charge < -0.3 is 10.9 Å². The highest BCUT2D eigenvalue weighted by molar-refractivity contribution is 5.97. The van der Waals surface area contributed by atoms with Crippen LogP contribution >= 0.6 is 0 Å². The average molecular weight is 267 g/mol. The van der Waals surface area contributed by atoms with E-state index in [1.165, 1.54) is 6.07 Å². The molecule has 0 atom stereocenters. The van der Waals surface area contributed by atoms with Crippen LogP contribution < -0.4 is 5.73 Å². The number of hydrogen-bond donors (Lipinski definition) is 2. The van der Waals surface area contributed by atoms with Gasteiger partial charge in [-0.1, -0.05) is 31.1 Å². The second kappa shape index (κ2) is 7.09. The minimum absolute atomic E-state index is 0.0844. The number of oxime groups is 1. The zero-order chi connectivity index (χ0) is 14.4. The van der Waals surface area contributed by atoms with Gasteiger partial charge in [0.2, 0.25) is 0 Å². The third-order valence-corrected chi connectivity index (χ3v) is 3.44. The number of nitrogens with two attached hydrogens (primary N) is 1. The number of benzene rings is 1. The van der Waals surface area contributed by atoms with E-state index < -0.39 is 0 Å². The Morgan fingerprint density at radius 1 is 1.42 bits per heavy atom. The molecule has 1 aromatic carbocycles. The van der Waals surface area contributed by atoms with Crippen LogP contribution in [-0.2, 0) is 6.54 Å². The lowest BCUT2D eigenvalue weighted by molar-refractivity contribution is 0.219. The summed E-state index contributed by atoms with van der Waals surface area (Å²) in [5, 5.41) is 11.4. The highest BCUT2D eigenvalue weighted by Gasteiger charge is 2.13. The molecule has 0 aliphatic carbocycles. The van der Waals surface area contributed by atoms with E-state index in [1.807, 2.05) is 7.05 Å². The van der Waals surface area contributed by atoms with Crippen molar-refractivity contribution in [3.63, 3.8) is 0 Å². The SMILES string of the molecule is CCC(CC)N(C)Cc1ccc(/C(N)=N/O)cc1F. The fourth-order valence-corrected chi connectivity index (χ4v) is 2.20. The van der Waals surface area contributed by atoms with Gasteiger partial charge in [0.1, 0.15) is 5.82 Å². The first-order valence-corrected chi connectivity index (χ1v) is 6.50. The van der Waals surface area contributed by atoms with Crippen molar-refractivity contribution in [1.29, 1.82) is 0 Å².